The second-order valence-corrected chi connectivity index (χ2v) is 9.37. The van der Waals surface area contributed by atoms with Gasteiger partial charge in [0.15, 0.2) is 0 Å². The SMILES string of the molecule is CC#CC(=O)N1CC(F)(C(=O)N2CCC(n3ncc(-c4cc(OC)c5c(C#N)cnn5c4)c3C)CC2)C1. The first-order valence-electron chi connectivity index (χ1n) is 12.0. The Morgan fingerprint density at radius 2 is 1.92 bits per heavy atom. The molecule has 0 radical (unpaired) electrons. The van der Waals surface area contributed by atoms with Gasteiger partial charge >= 0.3 is 0 Å². The maximum atomic E-state index is 15.1. The summed E-state index contributed by atoms with van der Waals surface area (Å²) in [6.07, 6.45) is 6.42. The summed E-state index contributed by atoms with van der Waals surface area (Å²) in [6, 6.07) is 4.06. The molecule has 10 nitrogen and oxygen atoms in total. The molecule has 11 heteroatoms. The lowest BCUT2D eigenvalue weighted by Crippen LogP contribution is -2.68. The van der Waals surface area contributed by atoms with Crippen LogP contribution in [0.2, 0.25) is 0 Å². The predicted octanol–water partition coefficient (Wildman–Crippen LogP) is 2.12. The lowest BCUT2D eigenvalue weighted by atomic mass is 9.92. The Morgan fingerprint density at radius 3 is 2.57 bits per heavy atom. The van der Waals surface area contributed by atoms with Crippen LogP contribution in [0.1, 0.15) is 37.1 Å². The van der Waals surface area contributed by atoms with Crippen LogP contribution in [-0.2, 0) is 9.59 Å². The molecule has 2 amide bonds. The molecule has 2 fully saturated rings. The molecule has 5 heterocycles. The molecular weight excluding hydrogens is 477 g/mol. The minimum absolute atomic E-state index is 0.0631. The Kier molecular flexibility index (Phi) is 6.08. The van der Waals surface area contributed by atoms with Gasteiger partial charge in [0.05, 0.1) is 38.6 Å². The van der Waals surface area contributed by atoms with Gasteiger partial charge in [0, 0.05) is 36.1 Å². The zero-order valence-electron chi connectivity index (χ0n) is 20.9. The fourth-order valence-corrected chi connectivity index (χ4v) is 5.16. The number of hydrogen-bond acceptors (Lipinski definition) is 6. The largest absolute Gasteiger partial charge is 0.494 e. The highest BCUT2D eigenvalue weighted by molar-refractivity contribution is 5.97. The number of halogens is 1. The van der Waals surface area contributed by atoms with Crippen LogP contribution in [-0.4, -0.2) is 80.0 Å². The molecule has 0 aromatic carbocycles. The van der Waals surface area contributed by atoms with Gasteiger partial charge in [-0.3, -0.25) is 14.3 Å². The van der Waals surface area contributed by atoms with Crippen molar-refractivity contribution in [3.63, 3.8) is 0 Å². The summed E-state index contributed by atoms with van der Waals surface area (Å²) in [5.74, 6) is 4.40. The number of methoxy groups -OCH3 is 1. The van der Waals surface area contributed by atoms with Crippen molar-refractivity contribution >= 4 is 17.3 Å². The number of aromatic nitrogens is 4. The molecule has 0 aliphatic carbocycles. The fourth-order valence-electron chi connectivity index (χ4n) is 5.16. The second kappa shape index (κ2) is 9.25. The normalized spacial score (nSPS) is 17.1. The molecular formula is C26H26FN7O3. The number of carbonyl (C=O) groups excluding carboxylic acids is 2. The summed E-state index contributed by atoms with van der Waals surface area (Å²) in [5, 5.41) is 18.3. The standard InChI is InChI=1S/C26H26FN7O3/c1-4-5-23(35)32-15-26(27,16-32)25(36)31-8-6-20(7-9-31)34-17(2)21(13-30-34)18-10-22(37-3)24-19(11-28)12-29-33(24)14-18/h10,12-14,20H,6-9,15-16H2,1-3H3. The highest BCUT2D eigenvalue weighted by atomic mass is 19.1. The number of carbonyl (C=O) groups is 2. The number of fused-ring (bicyclic) bond motifs is 1. The van der Waals surface area contributed by atoms with E-state index in [1.807, 2.05) is 23.9 Å². The van der Waals surface area contributed by atoms with Gasteiger partial charge in [-0.05, 0) is 38.7 Å². The van der Waals surface area contributed by atoms with E-state index >= 15 is 4.39 Å². The average Bonchev–Trinajstić information content (AvgIpc) is 3.49. The number of piperidine rings is 1. The van der Waals surface area contributed by atoms with E-state index in [1.165, 1.54) is 11.1 Å². The van der Waals surface area contributed by atoms with E-state index in [9.17, 15) is 14.9 Å². The lowest BCUT2D eigenvalue weighted by molar-refractivity contribution is -0.162. The molecule has 3 aromatic heterocycles. The topological polar surface area (TPSA) is 109 Å². The zero-order valence-corrected chi connectivity index (χ0v) is 20.9. The molecule has 2 aliphatic heterocycles. The molecule has 0 saturated carbocycles. The summed E-state index contributed by atoms with van der Waals surface area (Å²) in [5.41, 5.74) is 1.71. The number of likely N-dealkylation sites (tertiary alicyclic amines) is 2. The third-order valence-corrected chi connectivity index (χ3v) is 7.16. The predicted molar refractivity (Wildman–Crippen MR) is 131 cm³/mol. The summed E-state index contributed by atoms with van der Waals surface area (Å²) in [4.78, 5) is 27.4. The number of hydrogen-bond donors (Lipinski definition) is 0. The lowest BCUT2D eigenvalue weighted by Gasteiger charge is -2.45. The Labute approximate surface area is 213 Å². The van der Waals surface area contributed by atoms with Crippen molar-refractivity contribution in [2.45, 2.75) is 38.4 Å². The van der Waals surface area contributed by atoms with E-state index in [-0.39, 0.29) is 19.1 Å². The van der Waals surface area contributed by atoms with Crippen molar-refractivity contribution in [1.82, 2.24) is 29.2 Å². The van der Waals surface area contributed by atoms with Crippen LogP contribution >= 0.6 is 0 Å². The van der Waals surface area contributed by atoms with Crippen molar-refractivity contribution in [2.24, 2.45) is 0 Å². The maximum Gasteiger partial charge on any atom is 0.298 e. The van der Waals surface area contributed by atoms with Gasteiger partial charge in [0.2, 0.25) is 5.67 Å². The molecule has 3 aromatic rings. The van der Waals surface area contributed by atoms with E-state index in [1.54, 1.807) is 29.6 Å². The molecule has 37 heavy (non-hydrogen) atoms. The monoisotopic (exact) mass is 503 g/mol. The number of nitrogens with zero attached hydrogens (tertiary/aromatic N) is 7. The van der Waals surface area contributed by atoms with Crippen molar-refractivity contribution in [3.8, 4) is 34.8 Å². The minimum Gasteiger partial charge on any atom is -0.494 e. The number of ether oxygens (including phenoxy) is 1. The van der Waals surface area contributed by atoms with Crippen LogP contribution in [0.5, 0.6) is 5.75 Å². The highest BCUT2D eigenvalue weighted by Crippen LogP contribution is 2.34. The summed E-state index contributed by atoms with van der Waals surface area (Å²) in [7, 11) is 1.55. The van der Waals surface area contributed by atoms with Gasteiger partial charge in [-0.2, -0.15) is 15.5 Å². The molecule has 2 saturated heterocycles. The average molecular weight is 504 g/mol. The van der Waals surface area contributed by atoms with Crippen LogP contribution in [0.15, 0.2) is 24.7 Å². The smallest absolute Gasteiger partial charge is 0.298 e. The van der Waals surface area contributed by atoms with Gasteiger partial charge in [-0.1, -0.05) is 5.92 Å². The third kappa shape index (κ3) is 4.06. The van der Waals surface area contributed by atoms with Crippen LogP contribution < -0.4 is 4.74 Å². The van der Waals surface area contributed by atoms with Crippen LogP contribution in [0.3, 0.4) is 0 Å². The quantitative estimate of drug-likeness (QED) is 0.505. The molecule has 0 bridgehead atoms. The van der Waals surface area contributed by atoms with Gasteiger partial charge < -0.3 is 14.5 Å². The summed E-state index contributed by atoms with van der Waals surface area (Å²) >= 11 is 0. The first kappa shape index (κ1) is 24.3. The molecule has 0 unspecified atom stereocenters. The molecule has 0 N–H and O–H groups in total. The first-order valence-corrected chi connectivity index (χ1v) is 12.0. The van der Waals surface area contributed by atoms with Crippen LogP contribution in [0.4, 0.5) is 4.39 Å². The van der Waals surface area contributed by atoms with E-state index < -0.39 is 17.5 Å². The molecule has 5 rings (SSSR count). The van der Waals surface area contributed by atoms with Gasteiger partial charge in [0.1, 0.15) is 22.9 Å². The van der Waals surface area contributed by atoms with Crippen molar-refractivity contribution in [3.05, 3.63) is 35.9 Å². The number of pyridine rings is 1. The second-order valence-electron chi connectivity index (χ2n) is 9.37. The summed E-state index contributed by atoms with van der Waals surface area (Å²) < 4.78 is 24.2. The summed E-state index contributed by atoms with van der Waals surface area (Å²) in [6.45, 7) is 3.85. The molecule has 0 spiro atoms. The minimum atomic E-state index is -2.04. The van der Waals surface area contributed by atoms with E-state index in [4.69, 9.17) is 4.74 Å². The van der Waals surface area contributed by atoms with Crippen molar-refractivity contribution in [2.75, 3.05) is 33.3 Å². The zero-order chi connectivity index (χ0) is 26.3. The number of nitriles is 1. The Hall–Kier alpha value is -4.38. The highest BCUT2D eigenvalue weighted by Gasteiger charge is 2.53. The number of rotatable bonds is 4. The Bertz CT molecular complexity index is 1490. The van der Waals surface area contributed by atoms with Gasteiger partial charge in [0.25, 0.3) is 11.8 Å². The van der Waals surface area contributed by atoms with E-state index in [0.29, 0.717) is 42.8 Å². The number of alkyl halides is 1. The van der Waals surface area contributed by atoms with E-state index in [0.717, 1.165) is 16.8 Å². The van der Waals surface area contributed by atoms with Crippen LogP contribution in [0.25, 0.3) is 16.6 Å². The molecule has 0 atom stereocenters. The van der Waals surface area contributed by atoms with E-state index in [2.05, 4.69) is 28.1 Å². The fraction of sp³-hybridized carbons (Fsp3) is 0.423. The third-order valence-electron chi connectivity index (χ3n) is 7.16. The van der Waals surface area contributed by atoms with Crippen molar-refractivity contribution < 1.29 is 18.7 Å². The van der Waals surface area contributed by atoms with Gasteiger partial charge in [-0.25, -0.2) is 8.91 Å². The van der Waals surface area contributed by atoms with Crippen molar-refractivity contribution in [1.29, 1.82) is 5.26 Å². The molecule has 2 aliphatic rings. The van der Waals surface area contributed by atoms with Gasteiger partial charge in [-0.15, -0.1) is 0 Å². The Balaban J connectivity index is 1.28. The van der Waals surface area contributed by atoms with Crippen LogP contribution in [0, 0.1) is 30.1 Å². The maximum absolute atomic E-state index is 15.1. The Morgan fingerprint density at radius 1 is 1.19 bits per heavy atom. The number of amides is 2. The molecule has 190 valence electrons. The first-order chi connectivity index (χ1) is 17.8.